The van der Waals surface area contributed by atoms with Crippen molar-refractivity contribution in [3.8, 4) is 0 Å². The van der Waals surface area contributed by atoms with Gasteiger partial charge in [-0.3, -0.25) is 0 Å². The highest BCUT2D eigenvalue weighted by atomic mass is 32.1. The van der Waals surface area contributed by atoms with Crippen molar-refractivity contribution in [2.45, 2.75) is 43.6 Å². The zero-order valence-corrected chi connectivity index (χ0v) is 6.36. The van der Waals surface area contributed by atoms with E-state index in [1.807, 2.05) is 13.8 Å². The summed E-state index contributed by atoms with van der Waals surface area (Å²) in [5, 5.41) is 1.08. The Balaban J connectivity index is -0.00000000597. The lowest BCUT2D eigenvalue weighted by Crippen LogP contribution is -1.63. The van der Waals surface area contributed by atoms with Crippen LogP contribution in [0.4, 0.5) is 0 Å². The van der Waals surface area contributed by atoms with E-state index in [0.29, 0.717) is 0 Å². The summed E-state index contributed by atoms with van der Waals surface area (Å²) in [4.78, 5) is 9.50. The maximum atomic E-state index is 8.50. The molecule has 4 heteroatoms. The van der Waals surface area contributed by atoms with Gasteiger partial charge < -0.3 is 5.48 Å². The average Bonchev–Trinajstić information content (AvgIpc) is 1.33. The van der Waals surface area contributed by atoms with Crippen LogP contribution in [0.25, 0.3) is 0 Å². The van der Waals surface area contributed by atoms with Gasteiger partial charge in [0.2, 0.25) is 5.23 Å². The summed E-state index contributed by atoms with van der Waals surface area (Å²) >= 11 is 8.12. The molecule has 0 saturated carbocycles. The maximum absolute atomic E-state index is 8.50. The summed E-state index contributed by atoms with van der Waals surface area (Å²) in [6, 6.07) is 0. The lowest BCUT2D eigenvalue weighted by Gasteiger charge is -1.61. The van der Waals surface area contributed by atoms with Gasteiger partial charge in [0, 0.05) is 12.2 Å². The fourth-order valence-corrected chi connectivity index (χ4v) is 0. The minimum atomic E-state index is 0. The van der Waals surface area contributed by atoms with Crippen LogP contribution in [-0.4, -0.2) is 15.6 Å². The molecule has 12 heavy (non-hydrogen) atoms. The predicted octanol–water partition coefficient (Wildman–Crippen LogP) is 3.37. The third-order valence-electron chi connectivity index (χ3n) is 0. The van der Waals surface area contributed by atoms with E-state index in [1.165, 1.54) is 0 Å². The second-order valence-electron chi connectivity index (χ2n) is 0.992. The Hall–Kier alpha value is -0.150. The summed E-state index contributed by atoms with van der Waals surface area (Å²) in [6.07, 6.45) is 0. The van der Waals surface area contributed by atoms with Crippen LogP contribution in [0.5, 0.6) is 0 Å². The Morgan fingerprint density at radius 2 is 1.08 bits per heavy atom. The highest BCUT2D eigenvalue weighted by Gasteiger charge is 1.55. The number of carbonyl (C=O) groups excluding carboxylic acids is 1. The van der Waals surface area contributed by atoms with E-state index in [-0.39, 0.29) is 35.2 Å². The van der Waals surface area contributed by atoms with Gasteiger partial charge in [-0.25, -0.2) is 4.79 Å². The summed E-state index contributed by atoms with van der Waals surface area (Å²) in [6.45, 7) is 3.80. The number of rotatable bonds is 0. The van der Waals surface area contributed by atoms with E-state index < -0.39 is 0 Å². The molecule has 0 saturated heterocycles. The van der Waals surface area contributed by atoms with Gasteiger partial charge in [-0.15, -0.1) is 0 Å². The molecule has 2 N–H and O–H groups in total. The predicted molar refractivity (Wildman–Crippen MR) is 67.8 cm³/mol. The van der Waals surface area contributed by atoms with E-state index in [2.05, 4.69) is 24.4 Å². The number of hydrogen-bond donors (Lipinski definition) is 0. The first kappa shape index (κ1) is 59.3. The molecule has 0 heterocycles. The van der Waals surface area contributed by atoms with Crippen LogP contribution >= 0.6 is 24.4 Å². The lowest BCUT2D eigenvalue weighted by molar-refractivity contribution is 0.572. The van der Waals surface area contributed by atoms with Crippen molar-refractivity contribution < 1.29 is 10.3 Å². The zero-order chi connectivity index (χ0) is 6.28. The van der Waals surface area contributed by atoms with Gasteiger partial charge in [0.1, 0.15) is 0 Å². The van der Waals surface area contributed by atoms with Gasteiger partial charge in [0.05, 0.1) is 0 Å². The third-order valence-corrected chi connectivity index (χ3v) is 0. The largest absolute Gasteiger partial charge is 0.412 e. The van der Waals surface area contributed by atoms with Crippen molar-refractivity contribution in [2.24, 2.45) is 0 Å². The minimum Gasteiger partial charge on any atom is -0.412 e. The SMILES string of the molecule is C.C.C.C.CC(C)=S.O.O=C=S. The molecule has 0 spiro atoms. The van der Waals surface area contributed by atoms with Crippen LogP contribution in [-0.2, 0) is 4.79 Å². The van der Waals surface area contributed by atoms with Gasteiger partial charge in [-0.1, -0.05) is 41.9 Å². The molecule has 0 fully saturated rings. The van der Waals surface area contributed by atoms with Crippen molar-refractivity contribution in [1.82, 2.24) is 0 Å². The first-order valence-corrected chi connectivity index (χ1v) is 2.43. The fourth-order valence-electron chi connectivity index (χ4n) is 0. The number of thiocarbonyl (C=S) groups is 2. The second kappa shape index (κ2) is 71.0. The van der Waals surface area contributed by atoms with Gasteiger partial charge in [-0.2, -0.15) is 0 Å². The molecule has 2 nitrogen and oxygen atoms in total. The van der Waals surface area contributed by atoms with Crippen LogP contribution in [0.3, 0.4) is 0 Å². The molecule has 0 aromatic rings. The Morgan fingerprint density at radius 1 is 1.08 bits per heavy atom. The Bertz CT molecular complexity index is 83.1. The summed E-state index contributed by atoms with van der Waals surface area (Å²) in [5.41, 5.74) is 0. The highest BCUT2D eigenvalue weighted by molar-refractivity contribution is 7.80. The van der Waals surface area contributed by atoms with Crippen molar-refractivity contribution in [3.05, 3.63) is 0 Å². The van der Waals surface area contributed by atoms with Crippen LogP contribution in [0, 0.1) is 0 Å². The molecule has 0 aromatic carbocycles. The molecule has 0 rings (SSSR count). The summed E-state index contributed by atoms with van der Waals surface area (Å²) in [5.74, 6) is 0. The molecule has 0 bridgehead atoms. The topological polar surface area (TPSA) is 48.6 Å². The van der Waals surface area contributed by atoms with E-state index in [0.717, 1.165) is 10.1 Å². The molecular weight excluding hydrogens is 192 g/mol. The van der Waals surface area contributed by atoms with Crippen LogP contribution in [0.1, 0.15) is 43.6 Å². The third kappa shape index (κ3) is 34300. The maximum Gasteiger partial charge on any atom is 0.202 e. The molecule has 80 valence electrons. The van der Waals surface area contributed by atoms with E-state index in [4.69, 9.17) is 4.79 Å². The van der Waals surface area contributed by atoms with Crippen molar-refractivity contribution in [1.29, 1.82) is 0 Å². The summed E-state index contributed by atoms with van der Waals surface area (Å²) in [7, 11) is 0. The molecule has 0 aliphatic heterocycles. The average molecular weight is 216 g/mol. The van der Waals surface area contributed by atoms with Gasteiger partial charge in [0.25, 0.3) is 0 Å². The van der Waals surface area contributed by atoms with Gasteiger partial charge >= 0.3 is 0 Å². The first-order chi connectivity index (χ1) is 3.15. The van der Waals surface area contributed by atoms with E-state index >= 15 is 0 Å². The van der Waals surface area contributed by atoms with Crippen molar-refractivity contribution in [3.63, 3.8) is 0 Å². The Labute approximate surface area is 88.7 Å². The van der Waals surface area contributed by atoms with E-state index in [1.54, 1.807) is 0 Å². The van der Waals surface area contributed by atoms with Gasteiger partial charge in [-0.05, 0) is 18.7 Å². The monoisotopic (exact) mass is 216 g/mol. The second-order valence-corrected chi connectivity index (χ2v) is 1.97. The summed E-state index contributed by atoms with van der Waals surface area (Å²) < 4.78 is 0. The highest BCUT2D eigenvalue weighted by Crippen LogP contribution is 1.61. The molecular formula is C8H24O2S2. The molecule has 0 amide bonds. The zero-order valence-electron chi connectivity index (χ0n) is 4.72. The van der Waals surface area contributed by atoms with Crippen LogP contribution in [0.2, 0.25) is 0 Å². The molecule has 0 aromatic heterocycles. The quantitative estimate of drug-likeness (QED) is 0.583. The van der Waals surface area contributed by atoms with Gasteiger partial charge in [0.15, 0.2) is 0 Å². The van der Waals surface area contributed by atoms with Crippen LogP contribution in [0.15, 0.2) is 0 Å². The Morgan fingerprint density at radius 3 is 1.08 bits per heavy atom. The van der Waals surface area contributed by atoms with Crippen LogP contribution < -0.4 is 0 Å². The molecule has 0 atom stereocenters. The Kier molecular flexibility index (Phi) is 351. The standard InChI is InChI=1S/C3H6S.COS.4CH4.H2O/c1-3(2)4;2-1-3;;;;;/h1-2H3;;4*1H4;1H2. The normalized spacial score (nSPS) is 2.83. The van der Waals surface area contributed by atoms with Crippen molar-refractivity contribution >= 4 is 34.5 Å². The van der Waals surface area contributed by atoms with Crippen molar-refractivity contribution in [2.75, 3.05) is 0 Å². The smallest absolute Gasteiger partial charge is 0.202 e. The van der Waals surface area contributed by atoms with E-state index in [9.17, 15) is 0 Å². The molecule has 0 radical (unpaired) electrons. The lowest BCUT2D eigenvalue weighted by atomic mass is 10.6. The molecule has 0 aliphatic rings. The fraction of sp³-hybridized carbons (Fsp3) is 0.750. The number of hydrogen-bond acceptors (Lipinski definition) is 3. The first-order valence-electron chi connectivity index (χ1n) is 1.61. The minimum absolute atomic E-state index is 0. The molecule has 0 aliphatic carbocycles. The molecule has 0 unspecified atom stereocenters.